The molecule has 92 valence electrons. The summed E-state index contributed by atoms with van der Waals surface area (Å²) in [7, 11) is 0. The zero-order chi connectivity index (χ0) is 13.1. The van der Waals surface area contributed by atoms with Gasteiger partial charge in [-0.05, 0) is 12.1 Å². The second-order valence-corrected chi connectivity index (χ2v) is 4.29. The van der Waals surface area contributed by atoms with Crippen LogP contribution in [0.2, 0.25) is 0 Å². The van der Waals surface area contributed by atoms with E-state index >= 15 is 0 Å². The number of benzene rings is 1. The van der Waals surface area contributed by atoms with Crippen molar-refractivity contribution in [2.24, 2.45) is 0 Å². The lowest BCUT2D eigenvalue weighted by Gasteiger charge is -2.09. The van der Waals surface area contributed by atoms with Crippen molar-refractivity contribution in [2.75, 3.05) is 11.9 Å². The fourth-order valence-electron chi connectivity index (χ4n) is 1.59. The number of carboxylic acids is 1. The highest BCUT2D eigenvalue weighted by Gasteiger charge is 2.12. The summed E-state index contributed by atoms with van der Waals surface area (Å²) in [5.41, 5.74) is 0.844. The van der Waals surface area contributed by atoms with E-state index in [0.29, 0.717) is 10.9 Å². The maximum absolute atomic E-state index is 11.2. The van der Waals surface area contributed by atoms with E-state index in [1.165, 1.54) is 0 Å². The van der Waals surface area contributed by atoms with Crippen LogP contribution in [-0.4, -0.2) is 22.6 Å². The molecule has 0 spiro atoms. The minimum Gasteiger partial charge on any atom is -0.478 e. The molecule has 0 saturated heterocycles. The number of fused-ring (bicyclic) bond motifs is 1. The number of nitrogens with one attached hydrogen (secondary N) is 1. The van der Waals surface area contributed by atoms with Gasteiger partial charge in [0.2, 0.25) is 0 Å². The molecule has 0 fully saturated rings. The zero-order valence-corrected chi connectivity index (χ0v) is 10.2. The summed E-state index contributed by atoms with van der Waals surface area (Å²) in [6.45, 7) is 3.81. The molecule has 0 atom stereocenters. The van der Waals surface area contributed by atoms with Crippen molar-refractivity contribution in [3.63, 3.8) is 0 Å². The third-order valence-electron chi connectivity index (χ3n) is 2.40. The Hall–Kier alpha value is -2.07. The van der Waals surface area contributed by atoms with Crippen LogP contribution < -0.4 is 5.32 Å². The van der Waals surface area contributed by atoms with E-state index in [0.717, 1.165) is 10.9 Å². The molecule has 0 aliphatic heterocycles. The molecule has 0 aliphatic carbocycles. The SMILES string of the molecule is C=C(Cl)CNc1nc2ccccc2cc1C(=O)O. The van der Waals surface area contributed by atoms with Crippen LogP contribution in [0.3, 0.4) is 0 Å². The number of aromatic nitrogens is 1. The highest BCUT2D eigenvalue weighted by molar-refractivity contribution is 6.29. The number of anilines is 1. The second-order valence-electron chi connectivity index (χ2n) is 3.75. The smallest absolute Gasteiger partial charge is 0.339 e. The summed E-state index contributed by atoms with van der Waals surface area (Å²) in [5, 5.41) is 13.2. The highest BCUT2D eigenvalue weighted by Crippen LogP contribution is 2.20. The molecule has 0 aliphatic rings. The van der Waals surface area contributed by atoms with Crippen LogP contribution in [0.5, 0.6) is 0 Å². The molecule has 18 heavy (non-hydrogen) atoms. The van der Waals surface area contributed by atoms with Gasteiger partial charge in [0, 0.05) is 10.4 Å². The van der Waals surface area contributed by atoms with Gasteiger partial charge in [-0.15, -0.1) is 0 Å². The number of hydrogen-bond acceptors (Lipinski definition) is 3. The predicted molar refractivity (Wildman–Crippen MR) is 72.2 cm³/mol. The summed E-state index contributed by atoms with van der Waals surface area (Å²) in [6, 6.07) is 8.91. The molecule has 4 nitrogen and oxygen atoms in total. The van der Waals surface area contributed by atoms with Gasteiger partial charge in [0.15, 0.2) is 0 Å². The summed E-state index contributed by atoms with van der Waals surface area (Å²) >= 11 is 5.65. The van der Waals surface area contributed by atoms with Gasteiger partial charge in [0.25, 0.3) is 0 Å². The van der Waals surface area contributed by atoms with Crippen LogP contribution in [-0.2, 0) is 0 Å². The number of carboxylic acid groups (broad SMARTS) is 1. The summed E-state index contributed by atoms with van der Waals surface area (Å²) in [6.07, 6.45) is 0. The maximum atomic E-state index is 11.2. The van der Waals surface area contributed by atoms with E-state index in [4.69, 9.17) is 16.7 Å². The summed E-state index contributed by atoms with van der Waals surface area (Å²) in [4.78, 5) is 15.5. The second kappa shape index (κ2) is 5.06. The standard InChI is InChI=1S/C13H11ClN2O2/c1-8(14)7-15-12-10(13(17)18)6-9-4-2-3-5-11(9)16-12/h2-6H,1,7H2,(H,15,16)(H,17,18). The number of pyridine rings is 1. The molecule has 5 heteroatoms. The molecular weight excluding hydrogens is 252 g/mol. The molecule has 0 unspecified atom stereocenters. The number of halogens is 1. The first-order valence-electron chi connectivity index (χ1n) is 5.28. The van der Waals surface area contributed by atoms with Gasteiger partial charge in [-0.3, -0.25) is 0 Å². The van der Waals surface area contributed by atoms with Crippen molar-refractivity contribution < 1.29 is 9.90 Å². The van der Waals surface area contributed by atoms with Gasteiger partial charge in [0.05, 0.1) is 12.1 Å². The van der Waals surface area contributed by atoms with Gasteiger partial charge in [-0.1, -0.05) is 36.4 Å². The first kappa shape index (κ1) is 12.4. The average molecular weight is 263 g/mol. The minimum absolute atomic E-state index is 0.117. The fraction of sp³-hybridized carbons (Fsp3) is 0.0769. The Kier molecular flexibility index (Phi) is 3.48. The Bertz CT molecular complexity index is 625. The molecule has 2 aromatic rings. The minimum atomic E-state index is -1.03. The molecule has 0 saturated carbocycles. The molecule has 1 heterocycles. The van der Waals surface area contributed by atoms with E-state index < -0.39 is 5.97 Å². The first-order chi connectivity index (χ1) is 8.58. The Balaban J connectivity index is 2.50. The van der Waals surface area contributed by atoms with E-state index in [1.54, 1.807) is 6.07 Å². The lowest BCUT2D eigenvalue weighted by atomic mass is 10.1. The third-order valence-corrected chi connectivity index (χ3v) is 2.54. The Morgan fingerprint density at radius 2 is 2.17 bits per heavy atom. The zero-order valence-electron chi connectivity index (χ0n) is 9.48. The molecular formula is C13H11ClN2O2. The van der Waals surface area contributed by atoms with Crippen LogP contribution in [0.1, 0.15) is 10.4 Å². The largest absolute Gasteiger partial charge is 0.478 e. The number of hydrogen-bond donors (Lipinski definition) is 2. The first-order valence-corrected chi connectivity index (χ1v) is 5.66. The van der Waals surface area contributed by atoms with E-state index in [1.807, 2.05) is 24.3 Å². The molecule has 0 amide bonds. The van der Waals surface area contributed by atoms with Crippen LogP contribution in [0.15, 0.2) is 41.9 Å². The van der Waals surface area contributed by atoms with Crippen molar-refractivity contribution in [3.05, 3.63) is 47.5 Å². The van der Waals surface area contributed by atoms with Gasteiger partial charge < -0.3 is 10.4 Å². The number of rotatable bonds is 4. The Morgan fingerprint density at radius 3 is 2.83 bits per heavy atom. The van der Waals surface area contributed by atoms with Crippen molar-refractivity contribution >= 4 is 34.3 Å². The fourth-order valence-corrected chi connectivity index (χ4v) is 1.66. The highest BCUT2D eigenvalue weighted by atomic mass is 35.5. The van der Waals surface area contributed by atoms with Crippen LogP contribution in [0.4, 0.5) is 5.82 Å². The van der Waals surface area contributed by atoms with Crippen LogP contribution >= 0.6 is 11.6 Å². The van der Waals surface area contributed by atoms with Crippen molar-refractivity contribution in [2.45, 2.75) is 0 Å². The van der Waals surface area contributed by atoms with Crippen molar-refractivity contribution in [1.29, 1.82) is 0 Å². The van der Waals surface area contributed by atoms with Crippen LogP contribution in [0, 0.1) is 0 Å². The summed E-state index contributed by atoms with van der Waals surface area (Å²) in [5.74, 6) is -0.737. The predicted octanol–water partition coefficient (Wildman–Crippen LogP) is 3.10. The van der Waals surface area contributed by atoms with E-state index in [-0.39, 0.29) is 12.1 Å². The Morgan fingerprint density at radius 1 is 1.44 bits per heavy atom. The molecule has 2 N–H and O–H groups in total. The lowest BCUT2D eigenvalue weighted by molar-refractivity contribution is 0.0698. The Labute approximate surface area is 109 Å². The van der Waals surface area contributed by atoms with Gasteiger partial charge in [0.1, 0.15) is 11.4 Å². The molecule has 1 aromatic heterocycles. The van der Waals surface area contributed by atoms with E-state index in [9.17, 15) is 4.79 Å². The number of carbonyl (C=O) groups is 1. The van der Waals surface area contributed by atoms with Crippen LogP contribution in [0.25, 0.3) is 10.9 Å². The summed E-state index contributed by atoms with van der Waals surface area (Å²) < 4.78 is 0. The molecule has 0 bridgehead atoms. The van der Waals surface area contributed by atoms with Crippen molar-refractivity contribution in [3.8, 4) is 0 Å². The third kappa shape index (κ3) is 2.60. The average Bonchev–Trinajstić information content (AvgIpc) is 2.35. The molecule has 2 rings (SSSR count). The molecule has 1 aromatic carbocycles. The quantitative estimate of drug-likeness (QED) is 0.889. The van der Waals surface area contributed by atoms with Gasteiger partial charge >= 0.3 is 5.97 Å². The lowest BCUT2D eigenvalue weighted by Crippen LogP contribution is -2.09. The van der Waals surface area contributed by atoms with Gasteiger partial charge in [-0.25, -0.2) is 9.78 Å². The number of nitrogens with zero attached hydrogens (tertiary/aromatic N) is 1. The monoisotopic (exact) mass is 262 g/mol. The van der Waals surface area contributed by atoms with E-state index in [2.05, 4.69) is 16.9 Å². The van der Waals surface area contributed by atoms with Gasteiger partial charge in [-0.2, -0.15) is 0 Å². The molecule has 0 radical (unpaired) electrons. The van der Waals surface area contributed by atoms with Crippen molar-refractivity contribution in [1.82, 2.24) is 4.98 Å². The topological polar surface area (TPSA) is 62.2 Å². The normalized spacial score (nSPS) is 10.3. The number of para-hydroxylation sites is 1. The maximum Gasteiger partial charge on any atom is 0.339 e. The number of aromatic carboxylic acids is 1.